The zero-order chi connectivity index (χ0) is 16.2. The van der Waals surface area contributed by atoms with E-state index in [1.807, 2.05) is 37.3 Å². The Labute approximate surface area is 134 Å². The van der Waals surface area contributed by atoms with E-state index in [1.165, 1.54) is 0 Å². The van der Waals surface area contributed by atoms with E-state index in [0.29, 0.717) is 30.7 Å². The number of rotatable bonds is 4. The van der Waals surface area contributed by atoms with E-state index in [4.69, 9.17) is 4.74 Å². The number of fused-ring (bicyclic) bond motifs is 1. The SMILES string of the molecule is CCOc1ccc(NC(=O)c2ccc3c(c2)CCC(=O)N3)cc1. The lowest BCUT2D eigenvalue weighted by Crippen LogP contribution is -2.20. The third-order valence-electron chi connectivity index (χ3n) is 3.69. The number of hydrogen-bond donors (Lipinski definition) is 2. The van der Waals surface area contributed by atoms with Crippen LogP contribution in [0.3, 0.4) is 0 Å². The second kappa shape index (κ2) is 6.52. The molecule has 2 aromatic carbocycles. The summed E-state index contributed by atoms with van der Waals surface area (Å²) < 4.78 is 5.37. The Morgan fingerprint density at radius 1 is 1.17 bits per heavy atom. The van der Waals surface area contributed by atoms with Gasteiger partial charge < -0.3 is 15.4 Å². The van der Waals surface area contributed by atoms with E-state index in [0.717, 1.165) is 17.0 Å². The zero-order valence-electron chi connectivity index (χ0n) is 12.9. The molecule has 0 saturated carbocycles. The molecule has 0 atom stereocenters. The topological polar surface area (TPSA) is 67.4 Å². The van der Waals surface area contributed by atoms with Crippen LogP contribution in [0.1, 0.15) is 29.3 Å². The van der Waals surface area contributed by atoms with E-state index in [9.17, 15) is 9.59 Å². The molecule has 2 N–H and O–H groups in total. The third kappa shape index (κ3) is 3.51. The summed E-state index contributed by atoms with van der Waals surface area (Å²) in [4.78, 5) is 23.7. The Morgan fingerprint density at radius 3 is 2.70 bits per heavy atom. The Balaban J connectivity index is 1.72. The van der Waals surface area contributed by atoms with Crippen LogP contribution < -0.4 is 15.4 Å². The first kappa shape index (κ1) is 15.1. The standard InChI is InChI=1S/C18H18N2O3/c1-2-23-15-7-5-14(6-8-15)19-18(22)13-3-9-16-12(11-13)4-10-17(21)20-16/h3,5-9,11H,2,4,10H2,1H3,(H,19,22)(H,20,21). The van der Waals surface area contributed by atoms with Gasteiger partial charge in [-0.25, -0.2) is 0 Å². The maximum absolute atomic E-state index is 12.3. The average Bonchev–Trinajstić information content (AvgIpc) is 2.56. The van der Waals surface area contributed by atoms with Gasteiger partial charge in [0.25, 0.3) is 5.91 Å². The number of carbonyl (C=O) groups is 2. The van der Waals surface area contributed by atoms with Gasteiger partial charge >= 0.3 is 0 Å². The fourth-order valence-electron chi connectivity index (χ4n) is 2.53. The Bertz CT molecular complexity index is 738. The van der Waals surface area contributed by atoms with Crippen molar-refractivity contribution in [1.82, 2.24) is 0 Å². The van der Waals surface area contributed by atoms with E-state index < -0.39 is 0 Å². The minimum atomic E-state index is -0.172. The highest BCUT2D eigenvalue weighted by Gasteiger charge is 2.16. The molecule has 118 valence electrons. The van der Waals surface area contributed by atoms with Crippen molar-refractivity contribution < 1.29 is 14.3 Å². The zero-order valence-corrected chi connectivity index (χ0v) is 12.9. The molecule has 0 spiro atoms. The second-order valence-electron chi connectivity index (χ2n) is 5.33. The lowest BCUT2D eigenvalue weighted by molar-refractivity contribution is -0.116. The van der Waals surface area contributed by atoms with Crippen molar-refractivity contribution in [2.24, 2.45) is 0 Å². The van der Waals surface area contributed by atoms with Crippen molar-refractivity contribution in [3.8, 4) is 5.75 Å². The molecule has 0 aliphatic carbocycles. The van der Waals surface area contributed by atoms with Gasteiger partial charge in [0, 0.05) is 23.4 Å². The van der Waals surface area contributed by atoms with Crippen molar-refractivity contribution in [2.45, 2.75) is 19.8 Å². The number of carbonyl (C=O) groups excluding carboxylic acids is 2. The van der Waals surface area contributed by atoms with Gasteiger partial charge in [-0.3, -0.25) is 9.59 Å². The van der Waals surface area contributed by atoms with E-state index in [-0.39, 0.29) is 11.8 Å². The molecule has 5 nitrogen and oxygen atoms in total. The fraction of sp³-hybridized carbons (Fsp3) is 0.222. The number of benzene rings is 2. The molecule has 0 radical (unpaired) electrons. The van der Waals surface area contributed by atoms with Crippen molar-refractivity contribution in [3.63, 3.8) is 0 Å². The summed E-state index contributed by atoms with van der Waals surface area (Å²) in [7, 11) is 0. The summed E-state index contributed by atoms with van der Waals surface area (Å²) in [6.07, 6.45) is 1.11. The highest BCUT2D eigenvalue weighted by atomic mass is 16.5. The van der Waals surface area contributed by atoms with Crippen LogP contribution in [0, 0.1) is 0 Å². The lowest BCUT2D eigenvalue weighted by Gasteiger charge is -2.17. The molecular formula is C18H18N2O3. The van der Waals surface area contributed by atoms with Crippen molar-refractivity contribution >= 4 is 23.2 Å². The van der Waals surface area contributed by atoms with Gasteiger partial charge in [0.2, 0.25) is 5.91 Å². The first-order valence-corrected chi connectivity index (χ1v) is 7.62. The van der Waals surface area contributed by atoms with Crippen LogP contribution in [0.4, 0.5) is 11.4 Å². The summed E-state index contributed by atoms with van der Waals surface area (Å²) >= 11 is 0. The maximum atomic E-state index is 12.3. The van der Waals surface area contributed by atoms with Crippen LogP contribution in [0.25, 0.3) is 0 Å². The van der Waals surface area contributed by atoms with Gasteiger partial charge in [0.05, 0.1) is 6.61 Å². The molecule has 0 fully saturated rings. The molecule has 0 bridgehead atoms. The third-order valence-corrected chi connectivity index (χ3v) is 3.69. The van der Waals surface area contributed by atoms with E-state index >= 15 is 0 Å². The van der Waals surface area contributed by atoms with Crippen LogP contribution in [0.5, 0.6) is 5.75 Å². The summed E-state index contributed by atoms with van der Waals surface area (Å²) in [5, 5.41) is 5.67. The molecule has 0 unspecified atom stereocenters. The maximum Gasteiger partial charge on any atom is 0.255 e. The van der Waals surface area contributed by atoms with Crippen LogP contribution in [-0.2, 0) is 11.2 Å². The number of ether oxygens (including phenoxy) is 1. The monoisotopic (exact) mass is 310 g/mol. The van der Waals surface area contributed by atoms with Gasteiger partial charge in [-0.2, -0.15) is 0 Å². The van der Waals surface area contributed by atoms with Crippen molar-refractivity contribution in [3.05, 3.63) is 53.6 Å². The number of anilines is 2. The van der Waals surface area contributed by atoms with Crippen molar-refractivity contribution in [1.29, 1.82) is 0 Å². The Morgan fingerprint density at radius 2 is 1.96 bits per heavy atom. The van der Waals surface area contributed by atoms with Gasteiger partial charge in [0.15, 0.2) is 0 Å². The molecule has 1 aliphatic heterocycles. The van der Waals surface area contributed by atoms with E-state index in [2.05, 4.69) is 10.6 Å². The van der Waals surface area contributed by atoms with Crippen molar-refractivity contribution in [2.75, 3.05) is 17.2 Å². The van der Waals surface area contributed by atoms with E-state index in [1.54, 1.807) is 12.1 Å². The molecule has 1 heterocycles. The molecule has 5 heteroatoms. The highest BCUT2D eigenvalue weighted by molar-refractivity contribution is 6.05. The quantitative estimate of drug-likeness (QED) is 0.911. The summed E-state index contributed by atoms with van der Waals surface area (Å²) in [5.41, 5.74) is 3.07. The van der Waals surface area contributed by atoms with Gasteiger partial charge in [-0.1, -0.05) is 0 Å². The van der Waals surface area contributed by atoms with Gasteiger partial charge in [0.1, 0.15) is 5.75 Å². The number of nitrogens with one attached hydrogen (secondary N) is 2. The molecule has 2 amide bonds. The van der Waals surface area contributed by atoms with Gasteiger partial charge in [-0.05, 0) is 61.4 Å². The molecule has 2 aromatic rings. The first-order chi connectivity index (χ1) is 11.2. The summed E-state index contributed by atoms with van der Waals surface area (Å²) in [6.45, 7) is 2.53. The summed E-state index contributed by atoms with van der Waals surface area (Å²) in [6, 6.07) is 12.6. The minimum absolute atomic E-state index is 0.0177. The van der Waals surface area contributed by atoms with Crippen LogP contribution in [0.2, 0.25) is 0 Å². The number of hydrogen-bond acceptors (Lipinski definition) is 3. The predicted molar refractivity (Wildman–Crippen MR) is 89.0 cm³/mol. The summed E-state index contributed by atoms with van der Waals surface area (Å²) in [5.74, 6) is 0.618. The highest BCUT2D eigenvalue weighted by Crippen LogP contribution is 2.24. The molecule has 1 aliphatic rings. The smallest absolute Gasteiger partial charge is 0.255 e. The lowest BCUT2D eigenvalue weighted by atomic mass is 10.00. The van der Waals surface area contributed by atoms with Crippen LogP contribution >= 0.6 is 0 Å². The molecule has 0 aromatic heterocycles. The molecule has 23 heavy (non-hydrogen) atoms. The van der Waals surface area contributed by atoms with Gasteiger partial charge in [-0.15, -0.1) is 0 Å². The minimum Gasteiger partial charge on any atom is -0.494 e. The average molecular weight is 310 g/mol. The second-order valence-corrected chi connectivity index (χ2v) is 5.33. The first-order valence-electron chi connectivity index (χ1n) is 7.62. The predicted octanol–water partition coefficient (Wildman–Crippen LogP) is 3.22. The molecule has 3 rings (SSSR count). The largest absolute Gasteiger partial charge is 0.494 e. The normalized spacial score (nSPS) is 13.0. The van der Waals surface area contributed by atoms with Crippen LogP contribution in [-0.4, -0.2) is 18.4 Å². The Hall–Kier alpha value is -2.82. The molecule has 0 saturated heterocycles. The fourth-order valence-corrected chi connectivity index (χ4v) is 2.53. The molecular weight excluding hydrogens is 292 g/mol. The Kier molecular flexibility index (Phi) is 4.28. The van der Waals surface area contributed by atoms with Crippen LogP contribution in [0.15, 0.2) is 42.5 Å². The number of amides is 2. The number of aryl methyl sites for hydroxylation is 1.